The third-order valence-electron chi connectivity index (χ3n) is 3.92. The molecule has 0 bridgehead atoms. The van der Waals surface area contributed by atoms with Gasteiger partial charge in [0.15, 0.2) is 11.6 Å². The van der Waals surface area contributed by atoms with Crippen LogP contribution in [-0.4, -0.2) is 40.4 Å². The van der Waals surface area contributed by atoms with E-state index in [2.05, 4.69) is 10.3 Å². The Morgan fingerprint density at radius 2 is 1.96 bits per heavy atom. The van der Waals surface area contributed by atoms with E-state index in [1.54, 1.807) is 24.3 Å². The molecule has 1 aromatic carbocycles. The second kappa shape index (κ2) is 8.89. The first-order chi connectivity index (χ1) is 13.0. The van der Waals surface area contributed by atoms with Crippen molar-refractivity contribution in [2.24, 2.45) is 0 Å². The molecule has 2 aromatic rings. The maximum absolute atomic E-state index is 12.7. The van der Waals surface area contributed by atoms with Gasteiger partial charge in [-0.3, -0.25) is 0 Å². The molecule has 1 heterocycles. The lowest BCUT2D eigenvalue weighted by molar-refractivity contribution is -0.139. The number of aliphatic carboxylic acids is 1. The van der Waals surface area contributed by atoms with Crippen molar-refractivity contribution < 1.29 is 32.9 Å². The molecule has 154 valence electrons. The van der Waals surface area contributed by atoms with Crippen LogP contribution in [0.4, 0.5) is 13.2 Å². The number of nitrogens with one attached hydrogen (secondary N) is 1. The van der Waals surface area contributed by atoms with E-state index in [-0.39, 0.29) is 18.3 Å². The molecular weight excluding hydrogens is 397 g/mol. The molecule has 2 unspecified atom stereocenters. The van der Waals surface area contributed by atoms with E-state index >= 15 is 0 Å². The van der Waals surface area contributed by atoms with E-state index in [9.17, 15) is 23.1 Å². The Hall–Kier alpha value is -2.17. The number of carbonyl (C=O) groups is 1. The second-order valence-corrected chi connectivity index (χ2v) is 7.48. The normalized spacial score (nSPS) is 15.1. The highest BCUT2D eigenvalue weighted by molar-refractivity contribution is 7.09. The van der Waals surface area contributed by atoms with Crippen LogP contribution in [0.15, 0.2) is 29.6 Å². The monoisotopic (exact) mass is 418 g/mol. The summed E-state index contributed by atoms with van der Waals surface area (Å²) < 4.78 is 43.1. The zero-order chi connectivity index (χ0) is 20.9. The van der Waals surface area contributed by atoms with Gasteiger partial charge in [0.25, 0.3) is 0 Å². The molecule has 28 heavy (non-hydrogen) atoms. The number of alkyl halides is 3. The number of aliphatic hydroxyl groups is 1. The summed E-state index contributed by atoms with van der Waals surface area (Å²) >= 11 is 0.455. The highest BCUT2D eigenvalue weighted by Crippen LogP contribution is 2.34. The molecule has 0 aliphatic carbocycles. The molecule has 6 nitrogen and oxygen atoms in total. The Kier molecular flexibility index (Phi) is 7.02. The lowest BCUT2D eigenvalue weighted by atomic mass is 10.0. The van der Waals surface area contributed by atoms with Crippen molar-refractivity contribution in [2.75, 3.05) is 13.2 Å². The number of thiazole rings is 1. The zero-order valence-corrected chi connectivity index (χ0v) is 16.1. The van der Waals surface area contributed by atoms with Gasteiger partial charge in [-0.05, 0) is 38.0 Å². The first-order valence-corrected chi connectivity index (χ1v) is 9.28. The Morgan fingerprint density at radius 3 is 2.50 bits per heavy atom. The molecule has 1 aromatic heterocycles. The fourth-order valence-electron chi connectivity index (χ4n) is 2.41. The fraction of sp³-hybridized carbons (Fsp3) is 0.444. The molecule has 0 saturated heterocycles. The summed E-state index contributed by atoms with van der Waals surface area (Å²) in [5.41, 5.74) is -0.609. The average Bonchev–Trinajstić information content (AvgIpc) is 3.11. The van der Waals surface area contributed by atoms with E-state index in [4.69, 9.17) is 9.84 Å². The van der Waals surface area contributed by atoms with Crippen molar-refractivity contribution >= 4 is 17.3 Å². The van der Waals surface area contributed by atoms with Crippen LogP contribution in [0.3, 0.4) is 0 Å². The average molecular weight is 418 g/mol. The SMILES string of the molecule is CC(Cc1ccc(OCC(=O)O)cc1)NCC(C)(O)c1csc(C(F)(F)F)n1. The number of ether oxygens (including phenoxy) is 1. The van der Waals surface area contributed by atoms with Crippen molar-refractivity contribution in [1.82, 2.24) is 10.3 Å². The van der Waals surface area contributed by atoms with E-state index in [1.165, 1.54) is 12.3 Å². The maximum atomic E-state index is 12.7. The molecule has 0 amide bonds. The lowest BCUT2D eigenvalue weighted by Gasteiger charge is -2.24. The maximum Gasteiger partial charge on any atom is 0.443 e. The summed E-state index contributed by atoms with van der Waals surface area (Å²) in [7, 11) is 0. The van der Waals surface area contributed by atoms with E-state index in [0.717, 1.165) is 5.56 Å². The molecule has 0 spiro atoms. The van der Waals surface area contributed by atoms with Gasteiger partial charge in [-0.25, -0.2) is 9.78 Å². The van der Waals surface area contributed by atoms with Gasteiger partial charge in [0.1, 0.15) is 11.4 Å². The molecule has 0 aliphatic heterocycles. The van der Waals surface area contributed by atoms with E-state index < -0.39 is 29.4 Å². The first kappa shape index (κ1) is 22.1. The van der Waals surface area contributed by atoms with Crippen molar-refractivity contribution in [3.63, 3.8) is 0 Å². The summed E-state index contributed by atoms with van der Waals surface area (Å²) in [6.07, 6.45) is -3.93. The molecule has 10 heteroatoms. The largest absolute Gasteiger partial charge is 0.482 e. The van der Waals surface area contributed by atoms with Gasteiger partial charge in [0.05, 0.1) is 5.69 Å². The standard InChI is InChI=1S/C18H21F3N2O4S/c1-11(7-12-3-5-13(6-4-12)27-8-15(24)25)22-10-17(2,26)14-9-28-16(23-14)18(19,20)21/h3-6,9,11,22,26H,7-8,10H2,1-2H3,(H,24,25). The van der Waals surface area contributed by atoms with Crippen molar-refractivity contribution in [1.29, 1.82) is 0 Å². The van der Waals surface area contributed by atoms with Gasteiger partial charge in [-0.2, -0.15) is 13.2 Å². The molecule has 0 fully saturated rings. The second-order valence-electron chi connectivity index (χ2n) is 6.62. The fourth-order valence-corrected chi connectivity index (χ4v) is 3.22. The van der Waals surface area contributed by atoms with Gasteiger partial charge in [-0.1, -0.05) is 12.1 Å². The summed E-state index contributed by atoms with van der Waals surface area (Å²) in [6, 6.07) is 6.84. The third-order valence-corrected chi connectivity index (χ3v) is 4.81. The minimum Gasteiger partial charge on any atom is -0.482 e. The first-order valence-electron chi connectivity index (χ1n) is 8.40. The minimum absolute atomic E-state index is 0.0237. The Balaban J connectivity index is 1.88. The molecule has 0 saturated carbocycles. The molecule has 2 atom stereocenters. The van der Waals surface area contributed by atoms with Gasteiger partial charge in [-0.15, -0.1) is 11.3 Å². The van der Waals surface area contributed by atoms with Crippen LogP contribution >= 0.6 is 11.3 Å². The van der Waals surface area contributed by atoms with Gasteiger partial charge >= 0.3 is 12.1 Å². The minimum atomic E-state index is -4.53. The molecule has 2 rings (SSSR count). The van der Waals surface area contributed by atoms with Crippen LogP contribution < -0.4 is 10.1 Å². The predicted octanol–water partition coefficient (Wildman–Crippen LogP) is 3.05. The van der Waals surface area contributed by atoms with Crippen molar-refractivity contribution in [2.45, 2.75) is 38.1 Å². The van der Waals surface area contributed by atoms with Crippen LogP contribution in [0.2, 0.25) is 0 Å². The molecular formula is C18H21F3N2O4S. The van der Waals surface area contributed by atoms with Gasteiger partial charge < -0.3 is 20.3 Å². The van der Waals surface area contributed by atoms with E-state index in [1.807, 2.05) is 6.92 Å². The van der Waals surface area contributed by atoms with Gasteiger partial charge in [0.2, 0.25) is 0 Å². The quantitative estimate of drug-likeness (QED) is 0.580. The van der Waals surface area contributed by atoms with Crippen LogP contribution in [0.1, 0.15) is 30.1 Å². The summed E-state index contributed by atoms with van der Waals surface area (Å²) in [4.78, 5) is 14.0. The Morgan fingerprint density at radius 1 is 1.32 bits per heavy atom. The van der Waals surface area contributed by atoms with Crippen LogP contribution in [0.25, 0.3) is 0 Å². The summed E-state index contributed by atoms with van der Waals surface area (Å²) in [5.74, 6) is -0.616. The van der Waals surface area contributed by atoms with Crippen molar-refractivity contribution in [3.05, 3.63) is 45.9 Å². The smallest absolute Gasteiger partial charge is 0.443 e. The molecule has 0 radical (unpaired) electrons. The number of halogens is 3. The van der Waals surface area contributed by atoms with Crippen LogP contribution in [0.5, 0.6) is 5.75 Å². The number of hydrogen-bond acceptors (Lipinski definition) is 6. The summed E-state index contributed by atoms with van der Waals surface area (Å²) in [5, 5.41) is 22.4. The van der Waals surface area contributed by atoms with E-state index in [0.29, 0.717) is 23.5 Å². The topological polar surface area (TPSA) is 91.7 Å². The molecule has 0 aliphatic rings. The summed E-state index contributed by atoms with van der Waals surface area (Å²) in [6.45, 7) is 2.91. The lowest BCUT2D eigenvalue weighted by Crippen LogP contribution is -2.40. The number of carboxylic acid groups (broad SMARTS) is 1. The Bertz CT molecular complexity index is 791. The predicted molar refractivity (Wildman–Crippen MR) is 97.4 cm³/mol. The number of nitrogens with zero attached hydrogens (tertiary/aromatic N) is 1. The molecule has 3 N–H and O–H groups in total. The van der Waals surface area contributed by atoms with Crippen LogP contribution in [0, 0.1) is 0 Å². The number of benzene rings is 1. The zero-order valence-electron chi connectivity index (χ0n) is 15.3. The number of carboxylic acids is 1. The number of hydrogen-bond donors (Lipinski definition) is 3. The Labute approximate surface area is 164 Å². The van der Waals surface area contributed by atoms with Gasteiger partial charge in [0, 0.05) is 18.0 Å². The third kappa shape index (κ3) is 6.47. The number of aromatic nitrogens is 1. The van der Waals surface area contributed by atoms with Crippen molar-refractivity contribution in [3.8, 4) is 5.75 Å². The van der Waals surface area contributed by atoms with Crippen LogP contribution in [-0.2, 0) is 23.0 Å². The highest BCUT2D eigenvalue weighted by atomic mass is 32.1. The highest BCUT2D eigenvalue weighted by Gasteiger charge is 2.37. The number of rotatable bonds is 9.